The van der Waals surface area contributed by atoms with Gasteiger partial charge < -0.3 is 5.32 Å². The minimum atomic E-state index is -0.205. The second-order valence-electron chi connectivity index (χ2n) is 3.84. The SMILES string of the molecule is CN(C(=O)Nc1ccccc1)c1cccc(Cl)c1. The average Bonchev–Trinajstić information content (AvgIpc) is 2.39. The number of hydrogen-bond donors (Lipinski definition) is 1. The normalized spacial score (nSPS) is 9.89. The highest BCUT2D eigenvalue weighted by atomic mass is 35.5. The van der Waals surface area contributed by atoms with Crippen LogP contribution < -0.4 is 10.2 Å². The van der Waals surface area contributed by atoms with Crippen molar-refractivity contribution in [2.45, 2.75) is 0 Å². The summed E-state index contributed by atoms with van der Waals surface area (Å²) in [5, 5.41) is 3.41. The number of hydrogen-bond acceptors (Lipinski definition) is 1. The number of amides is 2. The van der Waals surface area contributed by atoms with Crippen LogP contribution in [0, 0.1) is 0 Å². The summed E-state index contributed by atoms with van der Waals surface area (Å²) in [6, 6.07) is 16.3. The van der Waals surface area contributed by atoms with Crippen LogP contribution in [-0.2, 0) is 0 Å². The molecule has 92 valence electrons. The van der Waals surface area contributed by atoms with Gasteiger partial charge in [-0.3, -0.25) is 4.90 Å². The predicted octanol–water partition coefficient (Wildman–Crippen LogP) is 4.01. The minimum Gasteiger partial charge on any atom is -0.308 e. The zero-order valence-electron chi connectivity index (χ0n) is 9.93. The molecule has 2 amide bonds. The number of urea groups is 1. The molecule has 0 heterocycles. The van der Waals surface area contributed by atoms with Crippen LogP contribution >= 0.6 is 11.6 Å². The van der Waals surface area contributed by atoms with Crippen LogP contribution in [0.4, 0.5) is 16.2 Å². The van der Waals surface area contributed by atoms with Gasteiger partial charge >= 0.3 is 6.03 Å². The van der Waals surface area contributed by atoms with Gasteiger partial charge in [0.25, 0.3) is 0 Å². The second kappa shape index (κ2) is 5.56. The van der Waals surface area contributed by atoms with E-state index in [1.807, 2.05) is 42.5 Å². The third-order valence-corrected chi connectivity index (χ3v) is 2.76. The summed E-state index contributed by atoms with van der Waals surface area (Å²) in [5.41, 5.74) is 1.51. The number of rotatable bonds is 2. The molecule has 0 aromatic heterocycles. The van der Waals surface area contributed by atoms with E-state index in [-0.39, 0.29) is 6.03 Å². The molecule has 2 aromatic rings. The highest BCUT2D eigenvalue weighted by Gasteiger charge is 2.10. The Morgan fingerprint density at radius 2 is 1.83 bits per heavy atom. The Labute approximate surface area is 111 Å². The number of para-hydroxylation sites is 1. The van der Waals surface area contributed by atoms with Crippen molar-refractivity contribution in [2.24, 2.45) is 0 Å². The Bertz CT molecular complexity index is 543. The number of nitrogens with one attached hydrogen (secondary N) is 1. The van der Waals surface area contributed by atoms with Gasteiger partial charge in [-0.25, -0.2) is 4.79 Å². The molecule has 0 aliphatic rings. The van der Waals surface area contributed by atoms with Gasteiger partial charge in [-0.1, -0.05) is 35.9 Å². The van der Waals surface area contributed by atoms with Gasteiger partial charge in [0.2, 0.25) is 0 Å². The third-order valence-electron chi connectivity index (χ3n) is 2.53. The van der Waals surface area contributed by atoms with E-state index < -0.39 is 0 Å². The summed E-state index contributed by atoms with van der Waals surface area (Å²) in [5.74, 6) is 0. The van der Waals surface area contributed by atoms with Gasteiger partial charge in [-0.2, -0.15) is 0 Å². The van der Waals surface area contributed by atoms with E-state index in [2.05, 4.69) is 5.32 Å². The van der Waals surface area contributed by atoms with Crippen molar-refractivity contribution in [3.63, 3.8) is 0 Å². The van der Waals surface area contributed by atoms with E-state index in [0.29, 0.717) is 5.02 Å². The monoisotopic (exact) mass is 260 g/mol. The molecule has 1 N–H and O–H groups in total. The van der Waals surface area contributed by atoms with Crippen LogP contribution in [0.2, 0.25) is 5.02 Å². The van der Waals surface area contributed by atoms with Crippen LogP contribution in [0.25, 0.3) is 0 Å². The van der Waals surface area contributed by atoms with Gasteiger partial charge in [0.05, 0.1) is 0 Å². The Hall–Kier alpha value is -2.00. The first-order chi connectivity index (χ1) is 8.66. The number of benzene rings is 2. The quantitative estimate of drug-likeness (QED) is 0.869. The van der Waals surface area contributed by atoms with Gasteiger partial charge in [-0.15, -0.1) is 0 Å². The lowest BCUT2D eigenvalue weighted by atomic mass is 10.3. The van der Waals surface area contributed by atoms with Crippen molar-refractivity contribution in [2.75, 3.05) is 17.3 Å². The van der Waals surface area contributed by atoms with Crippen molar-refractivity contribution in [3.8, 4) is 0 Å². The second-order valence-corrected chi connectivity index (χ2v) is 4.27. The molecule has 4 heteroatoms. The summed E-state index contributed by atoms with van der Waals surface area (Å²) in [7, 11) is 1.70. The highest BCUT2D eigenvalue weighted by Crippen LogP contribution is 2.19. The molecule has 0 bridgehead atoms. The summed E-state index contributed by atoms with van der Waals surface area (Å²) < 4.78 is 0. The number of halogens is 1. The van der Waals surface area contributed by atoms with Crippen LogP contribution in [0.5, 0.6) is 0 Å². The molecule has 0 atom stereocenters. The van der Waals surface area contributed by atoms with Gasteiger partial charge in [0.1, 0.15) is 0 Å². The van der Waals surface area contributed by atoms with E-state index in [1.54, 1.807) is 19.2 Å². The zero-order valence-corrected chi connectivity index (χ0v) is 10.7. The van der Waals surface area contributed by atoms with Crippen molar-refractivity contribution in [1.82, 2.24) is 0 Å². The first-order valence-electron chi connectivity index (χ1n) is 5.52. The van der Waals surface area contributed by atoms with Gasteiger partial charge in [-0.05, 0) is 30.3 Å². The number of carbonyl (C=O) groups excluding carboxylic acids is 1. The van der Waals surface area contributed by atoms with E-state index >= 15 is 0 Å². The lowest BCUT2D eigenvalue weighted by molar-refractivity contribution is 0.258. The molecule has 3 nitrogen and oxygen atoms in total. The first kappa shape index (κ1) is 12.5. The average molecular weight is 261 g/mol. The maximum atomic E-state index is 12.0. The van der Waals surface area contributed by atoms with Gasteiger partial charge in [0, 0.05) is 23.4 Å². The van der Waals surface area contributed by atoms with E-state index in [1.165, 1.54) is 4.90 Å². The summed E-state index contributed by atoms with van der Waals surface area (Å²) in [4.78, 5) is 13.5. The topological polar surface area (TPSA) is 32.3 Å². The lowest BCUT2D eigenvalue weighted by Gasteiger charge is -2.18. The van der Waals surface area contributed by atoms with Gasteiger partial charge in [0.15, 0.2) is 0 Å². The zero-order chi connectivity index (χ0) is 13.0. The fraction of sp³-hybridized carbons (Fsp3) is 0.0714. The molecule has 0 radical (unpaired) electrons. The molecule has 0 saturated carbocycles. The van der Waals surface area contributed by atoms with E-state index in [9.17, 15) is 4.79 Å². The molecule has 18 heavy (non-hydrogen) atoms. The maximum absolute atomic E-state index is 12.0. The molecule has 0 aliphatic carbocycles. The highest BCUT2D eigenvalue weighted by molar-refractivity contribution is 6.30. The Morgan fingerprint density at radius 1 is 1.11 bits per heavy atom. The van der Waals surface area contributed by atoms with Crippen LogP contribution in [0.1, 0.15) is 0 Å². The summed E-state index contributed by atoms with van der Waals surface area (Å²) in [6.07, 6.45) is 0. The largest absolute Gasteiger partial charge is 0.326 e. The van der Waals surface area contributed by atoms with Crippen LogP contribution in [0.3, 0.4) is 0 Å². The molecule has 2 rings (SSSR count). The first-order valence-corrected chi connectivity index (χ1v) is 5.90. The van der Waals surface area contributed by atoms with Crippen LogP contribution in [0.15, 0.2) is 54.6 Å². The number of anilines is 2. The number of nitrogens with zero attached hydrogens (tertiary/aromatic N) is 1. The molecule has 0 aliphatic heterocycles. The fourth-order valence-corrected chi connectivity index (χ4v) is 1.72. The molecule has 0 fully saturated rings. The Kier molecular flexibility index (Phi) is 3.85. The molecule has 2 aromatic carbocycles. The van der Waals surface area contributed by atoms with Crippen LogP contribution in [-0.4, -0.2) is 13.1 Å². The van der Waals surface area contributed by atoms with Crippen molar-refractivity contribution in [3.05, 3.63) is 59.6 Å². The molecule has 0 saturated heterocycles. The maximum Gasteiger partial charge on any atom is 0.326 e. The molecular formula is C14H13ClN2O. The minimum absolute atomic E-state index is 0.205. The fourth-order valence-electron chi connectivity index (χ4n) is 1.53. The predicted molar refractivity (Wildman–Crippen MR) is 75.3 cm³/mol. The molecular weight excluding hydrogens is 248 g/mol. The van der Waals surface area contributed by atoms with Crippen molar-refractivity contribution >= 4 is 29.0 Å². The molecule has 0 spiro atoms. The van der Waals surface area contributed by atoms with Crippen molar-refractivity contribution < 1.29 is 4.79 Å². The summed E-state index contributed by atoms with van der Waals surface area (Å²) >= 11 is 5.90. The summed E-state index contributed by atoms with van der Waals surface area (Å²) in [6.45, 7) is 0. The third kappa shape index (κ3) is 3.02. The smallest absolute Gasteiger partial charge is 0.308 e. The molecule has 0 unspecified atom stereocenters. The Morgan fingerprint density at radius 3 is 2.50 bits per heavy atom. The van der Waals surface area contributed by atoms with E-state index in [4.69, 9.17) is 11.6 Å². The lowest BCUT2D eigenvalue weighted by Crippen LogP contribution is -2.31. The van der Waals surface area contributed by atoms with E-state index in [0.717, 1.165) is 11.4 Å². The Balaban J connectivity index is 2.10. The standard InChI is InChI=1S/C14H13ClN2O/c1-17(13-9-5-6-11(15)10-13)14(18)16-12-7-3-2-4-8-12/h2-10H,1H3,(H,16,18). The number of carbonyl (C=O) groups is 1. The van der Waals surface area contributed by atoms with Crippen molar-refractivity contribution in [1.29, 1.82) is 0 Å².